The standard InChI is InChI=1S/C12H17N5O2S.ClH/c1-16-4-3-14-10(16)9-6-13-2-5-17(9)11(18)8-7-20-12(19)15-8;/h3-4,8-9,13H,2,5-7H2,1H3,(H,15,19);1H/t8-,9?;/m0./s1. The number of nitrogens with zero attached hydrogens (tertiary/aromatic N) is 3. The van der Waals surface area contributed by atoms with Gasteiger partial charge in [0, 0.05) is 44.8 Å². The Morgan fingerprint density at radius 2 is 2.33 bits per heavy atom. The van der Waals surface area contributed by atoms with Crippen LogP contribution < -0.4 is 10.6 Å². The Balaban J connectivity index is 0.00000161. The van der Waals surface area contributed by atoms with Crippen LogP contribution in [0.2, 0.25) is 0 Å². The summed E-state index contributed by atoms with van der Waals surface area (Å²) >= 11 is 1.17. The summed E-state index contributed by atoms with van der Waals surface area (Å²) < 4.78 is 1.93. The average Bonchev–Trinajstić information content (AvgIpc) is 3.07. The highest BCUT2D eigenvalue weighted by atomic mass is 35.5. The van der Waals surface area contributed by atoms with E-state index in [2.05, 4.69) is 15.6 Å². The lowest BCUT2D eigenvalue weighted by atomic mass is 10.1. The van der Waals surface area contributed by atoms with Gasteiger partial charge in [-0.3, -0.25) is 9.59 Å². The van der Waals surface area contributed by atoms with E-state index in [1.54, 1.807) is 6.20 Å². The SMILES string of the molecule is Cl.Cn1ccnc1C1CNCCN1C(=O)[C@@H]1CSC(=O)N1. The minimum absolute atomic E-state index is 0. The van der Waals surface area contributed by atoms with E-state index < -0.39 is 6.04 Å². The maximum Gasteiger partial charge on any atom is 0.279 e. The van der Waals surface area contributed by atoms with Gasteiger partial charge in [0.05, 0.1) is 0 Å². The molecule has 0 spiro atoms. The first-order valence-electron chi connectivity index (χ1n) is 6.58. The number of carbonyl (C=O) groups excluding carboxylic acids is 2. The highest BCUT2D eigenvalue weighted by Crippen LogP contribution is 2.23. The summed E-state index contributed by atoms with van der Waals surface area (Å²) in [5.41, 5.74) is 0. The summed E-state index contributed by atoms with van der Waals surface area (Å²) in [6, 6.07) is -0.493. The number of hydrogen-bond donors (Lipinski definition) is 2. The molecule has 21 heavy (non-hydrogen) atoms. The van der Waals surface area contributed by atoms with E-state index in [0.29, 0.717) is 18.8 Å². The van der Waals surface area contributed by atoms with Crippen molar-refractivity contribution in [3.05, 3.63) is 18.2 Å². The van der Waals surface area contributed by atoms with Gasteiger partial charge in [0.1, 0.15) is 17.9 Å². The van der Waals surface area contributed by atoms with Gasteiger partial charge in [0.15, 0.2) is 0 Å². The van der Waals surface area contributed by atoms with E-state index >= 15 is 0 Å². The number of aryl methyl sites for hydroxylation is 1. The number of amides is 2. The normalized spacial score (nSPS) is 25.4. The Hall–Kier alpha value is -1.25. The molecule has 3 rings (SSSR count). The Kier molecular flexibility index (Phi) is 5.13. The monoisotopic (exact) mass is 331 g/mol. The van der Waals surface area contributed by atoms with Gasteiger partial charge in [0.25, 0.3) is 5.24 Å². The van der Waals surface area contributed by atoms with Crippen LogP contribution in [0.4, 0.5) is 4.79 Å². The fourth-order valence-corrected chi connectivity index (χ4v) is 3.38. The van der Waals surface area contributed by atoms with Crippen molar-refractivity contribution in [3.8, 4) is 0 Å². The van der Waals surface area contributed by atoms with E-state index in [4.69, 9.17) is 0 Å². The molecule has 0 radical (unpaired) electrons. The van der Waals surface area contributed by atoms with E-state index in [-0.39, 0.29) is 29.6 Å². The first-order valence-corrected chi connectivity index (χ1v) is 7.57. The van der Waals surface area contributed by atoms with Crippen molar-refractivity contribution in [1.29, 1.82) is 0 Å². The summed E-state index contributed by atoms with van der Waals surface area (Å²) in [7, 11) is 1.92. The van der Waals surface area contributed by atoms with Crippen LogP contribution in [-0.4, -0.2) is 57.0 Å². The molecule has 2 N–H and O–H groups in total. The molecular weight excluding hydrogens is 314 g/mol. The molecule has 2 atom stereocenters. The van der Waals surface area contributed by atoms with Crippen molar-refractivity contribution in [3.63, 3.8) is 0 Å². The number of nitrogens with one attached hydrogen (secondary N) is 2. The Morgan fingerprint density at radius 3 is 2.95 bits per heavy atom. The molecule has 3 heterocycles. The topological polar surface area (TPSA) is 79.3 Å². The van der Waals surface area contributed by atoms with Crippen LogP contribution in [0.15, 0.2) is 12.4 Å². The van der Waals surface area contributed by atoms with Gasteiger partial charge in [0.2, 0.25) is 5.91 Å². The largest absolute Gasteiger partial charge is 0.336 e. The maximum atomic E-state index is 12.6. The number of thioether (sulfide) groups is 1. The fraction of sp³-hybridized carbons (Fsp3) is 0.583. The third kappa shape index (κ3) is 3.17. The molecule has 2 aliphatic heterocycles. The van der Waals surface area contributed by atoms with Gasteiger partial charge in [-0.15, -0.1) is 12.4 Å². The molecule has 1 aromatic heterocycles. The van der Waals surface area contributed by atoms with E-state index in [1.807, 2.05) is 22.7 Å². The van der Waals surface area contributed by atoms with Crippen LogP contribution in [-0.2, 0) is 11.8 Å². The third-order valence-electron chi connectivity index (χ3n) is 3.65. The zero-order valence-corrected chi connectivity index (χ0v) is 13.2. The second-order valence-corrected chi connectivity index (χ2v) is 5.94. The van der Waals surface area contributed by atoms with Gasteiger partial charge in [-0.25, -0.2) is 4.98 Å². The second-order valence-electron chi connectivity index (χ2n) is 4.94. The number of piperazine rings is 1. The summed E-state index contributed by atoms with van der Waals surface area (Å²) in [6.07, 6.45) is 3.61. The molecule has 0 bridgehead atoms. The Morgan fingerprint density at radius 1 is 1.52 bits per heavy atom. The van der Waals surface area contributed by atoms with E-state index in [0.717, 1.165) is 12.4 Å². The lowest BCUT2D eigenvalue weighted by Crippen LogP contribution is -2.54. The number of halogens is 1. The molecule has 2 fully saturated rings. The maximum absolute atomic E-state index is 12.6. The van der Waals surface area contributed by atoms with Crippen LogP contribution in [0.5, 0.6) is 0 Å². The number of aromatic nitrogens is 2. The van der Waals surface area contributed by atoms with Crippen molar-refractivity contribution in [2.75, 3.05) is 25.4 Å². The molecule has 7 nitrogen and oxygen atoms in total. The van der Waals surface area contributed by atoms with E-state index in [1.165, 1.54) is 11.8 Å². The Bertz CT molecular complexity index is 537. The summed E-state index contributed by atoms with van der Waals surface area (Å²) in [5, 5.41) is 5.89. The minimum atomic E-state index is -0.409. The number of hydrogen-bond acceptors (Lipinski definition) is 5. The zero-order chi connectivity index (χ0) is 14.1. The summed E-state index contributed by atoms with van der Waals surface area (Å²) in [4.78, 5) is 30.0. The molecule has 0 aliphatic carbocycles. The molecule has 2 aliphatic rings. The van der Waals surface area contributed by atoms with Crippen molar-refractivity contribution < 1.29 is 9.59 Å². The predicted molar refractivity (Wildman–Crippen MR) is 82.6 cm³/mol. The molecule has 2 amide bonds. The fourth-order valence-electron chi connectivity index (χ4n) is 2.61. The summed E-state index contributed by atoms with van der Waals surface area (Å²) in [5.74, 6) is 1.36. The lowest BCUT2D eigenvalue weighted by molar-refractivity contribution is -0.136. The lowest BCUT2D eigenvalue weighted by Gasteiger charge is -2.37. The second kappa shape index (κ2) is 6.67. The predicted octanol–water partition coefficient (Wildman–Crippen LogP) is 0.140. The molecular formula is C12H18ClN5O2S. The van der Waals surface area contributed by atoms with Crippen LogP contribution >= 0.6 is 24.2 Å². The first kappa shape index (κ1) is 16.1. The molecule has 1 unspecified atom stereocenters. The highest BCUT2D eigenvalue weighted by Gasteiger charge is 2.37. The quantitative estimate of drug-likeness (QED) is 0.806. The zero-order valence-electron chi connectivity index (χ0n) is 11.6. The molecule has 1 aromatic rings. The number of rotatable bonds is 2. The molecule has 2 saturated heterocycles. The van der Waals surface area contributed by atoms with Gasteiger partial charge < -0.3 is 20.1 Å². The smallest absolute Gasteiger partial charge is 0.279 e. The third-order valence-corrected chi connectivity index (χ3v) is 4.53. The van der Waals surface area contributed by atoms with E-state index in [9.17, 15) is 9.59 Å². The first-order chi connectivity index (χ1) is 9.66. The Labute approximate surface area is 133 Å². The average molecular weight is 332 g/mol. The van der Waals surface area contributed by atoms with Crippen LogP contribution in [0.25, 0.3) is 0 Å². The molecule has 9 heteroatoms. The van der Waals surface area contributed by atoms with Crippen molar-refractivity contribution in [2.45, 2.75) is 12.1 Å². The molecule has 0 saturated carbocycles. The summed E-state index contributed by atoms with van der Waals surface area (Å²) in [6.45, 7) is 2.08. The van der Waals surface area contributed by atoms with Crippen LogP contribution in [0.1, 0.15) is 11.9 Å². The number of imidazole rings is 1. The van der Waals surface area contributed by atoms with Crippen LogP contribution in [0, 0.1) is 0 Å². The molecule has 0 aromatic carbocycles. The van der Waals surface area contributed by atoms with Gasteiger partial charge in [-0.05, 0) is 0 Å². The van der Waals surface area contributed by atoms with Gasteiger partial charge in [-0.2, -0.15) is 0 Å². The molecule has 116 valence electrons. The van der Waals surface area contributed by atoms with Crippen LogP contribution in [0.3, 0.4) is 0 Å². The van der Waals surface area contributed by atoms with Crippen molar-refractivity contribution in [2.24, 2.45) is 7.05 Å². The van der Waals surface area contributed by atoms with Gasteiger partial charge >= 0.3 is 0 Å². The minimum Gasteiger partial charge on any atom is -0.336 e. The number of carbonyl (C=O) groups is 2. The van der Waals surface area contributed by atoms with Crippen molar-refractivity contribution in [1.82, 2.24) is 25.1 Å². The highest BCUT2D eigenvalue weighted by molar-refractivity contribution is 8.14. The van der Waals surface area contributed by atoms with Crippen molar-refractivity contribution >= 4 is 35.3 Å². The van der Waals surface area contributed by atoms with Gasteiger partial charge in [-0.1, -0.05) is 11.8 Å².